The van der Waals surface area contributed by atoms with Crippen LogP contribution in [-0.2, 0) is 13.9 Å². The summed E-state index contributed by atoms with van der Waals surface area (Å²) in [5, 5.41) is 46.4. The van der Waals surface area contributed by atoms with Gasteiger partial charge in [0, 0.05) is 54.0 Å². The van der Waals surface area contributed by atoms with Crippen LogP contribution in [0.25, 0.3) is 108 Å². The van der Waals surface area contributed by atoms with Gasteiger partial charge in [-0.3, -0.25) is 0 Å². The van der Waals surface area contributed by atoms with E-state index in [-0.39, 0.29) is 29.7 Å². The summed E-state index contributed by atoms with van der Waals surface area (Å²) in [5.41, 5.74) is 2.78. The quantitative estimate of drug-likeness (QED) is 0.0900. The Morgan fingerprint density at radius 3 is 0.778 bits per heavy atom. The summed E-state index contributed by atoms with van der Waals surface area (Å²) in [6.07, 6.45) is 2.56. The zero-order chi connectivity index (χ0) is 71.0. The Morgan fingerprint density at radius 2 is 0.472 bits per heavy atom. The molecular formula is C98H87BBr2O5P2. The van der Waals surface area contributed by atoms with Crippen molar-refractivity contribution in [2.45, 2.75) is 42.5 Å². The standard InChI is InChI=1S/C36H25OP.C18H13BO2.C18H14BrOP.C18H11Br.C4H8O.4CH4/c37-38(28-11-3-1-4-12-28,29-13-5-2-6-14-29)30-22-19-26(20-23-30)27-21-24-35-33-17-8-7-15-31(33)32-16-9-10-18-34(32)36(35)25-27;20-19(21)12-9-10-17-15-7-2-1-5-13(15)14-6-3-4-8-16(14)18(17)11-12;19-15-11-13-18(14-12-15)21(20,16-7-3-1-4-8-16)17-9-5-2-6-10-17;19-12-9-10-17-15-7-2-1-5-13(15)14-6-3-4-8-16(14)18(17)11-12;1-2-4-5-3-1;;;;/h1-25H;1-11,20-21H;1-14H;1-11H;1-4H2;4*1H4. The average Bonchev–Trinajstić information content (AvgIpc) is 0.834. The van der Waals surface area contributed by atoms with E-state index in [1.807, 2.05) is 194 Å². The Morgan fingerprint density at radius 1 is 0.241 bits per heavy atom. The summed E-state index contributed by atoms with van der Waals surface area (Å²) in [6, 6.07) is 125. The SMILES string of the molecule is Brc1ccc2c3ccccc3c3ccccc3c2c1.C.C.C.C.C1CCOC1.O=P(c1ccccc1)(c1ccccc1)c1ccc(-c2ccc3c4ccccc4c4ccccc4c3c2)cc1.O=P(c1ccccc1)(c1ccccc1)c1ccc(Br)cc1.OB(O)c1ccc2c3ccccc3c3ccccc3c2c1. The second kappa shape index (κ2) is 35.6. The van der Waals surface area contributed by atoms with E-state index in [1.54, 1.807) is 6.07 Å². The highest BCUT2D eigenvalue weighted by atomic mass is 79.9. The molecule has 0 aliphatic carbocycles. The topological polar surface area (TPSA) is 83.8 Å². The molecule has 1 aliphatic heterocycles. The molecule has 1 heterocycles. The van der Waals surface area contributed by atoms with E-state index in [9.17, 15) is 19.2 Å². The van der Waals surface area contributed by atoms with Crippen LogP contribution in [0.5, 0.6) is 0 Å². The fourth-order valence-electron chi connectivity index (χ4n) is 14.5. The first kappa shape index (κ1) is 78.7. The molecule has 0 unspecified atom stereocenters. The summed E-state index contributed by atoms with van der Waals surface area (Å²) in [5.74, 6) is 0. The van der Waals surface area contributed by atoms with Crippen molar-refractivity contribution in [3.8, 4) is 11.1 Å². The van der Waals surface area contributed by atoms with Crippen molar-refractivity contribution in [2.75, 3.05) is 13.2 Å². The van der Waals surface area contributed by atoms with Crippen LogP contribution in [0.15, 0.2) is 379 Å². The van der Waals surface area contributed by atoms with Crippen LogP contribution >= 0.6 is 46.1 Å². The summed E-state index contributed by atoms with van der Waals surface area (Å²) in [7, 11) is -7.25. The first-order valence-corrected chi connectivity index (χ1v) is 39.9. The highest BCUT2D eigenvalue weighted by Crippen LogP contribution is 2.45. The lowest BCUT2D eigenvalue weighted by atomic mass is 9.78. The third-order valence-corrected chi connectivity index (χ3v) is 26.8. The molecule has 10 heteroatoms. The Kier molecular flexibility index (Phi) is 25.9. The average molecular weight is 1580 g/mol. The third-order valence-electron chi connectivity index (χ3n) is 19.6. The molecule has 18 aromatic rings. The van der Waals surface area contributed by atoms with Crippen molar-refractivity contribution >= 4 is 188 Å². The summed E-state index contributed by atoms with van der Waals surface area (Å²) >= 11 is 7.02. The number of fused-ring (bicyclic) bond motifs is 18. The molecule has 0 radical (unpaired) electrons. The molecular weight excluding hydrogens is 1490 g/mol. The van der Waals surface area contributed by atoms with Crippen LogP contribution in [0.4, 0.5) is 0 Å². The maximum absolute atomic E-state index is 14.7. The zero-order valence-electron chi connectivity index (χ0n) is 56.9. The van der Waals surface area contributed by atoms with Crippen molar-refractivity contribution < 1.29 is 23.9 Å². The number of hydrogen-bond donors (Lipinski definition) is 2. The van der Waals surface area contributed by atoms with Crippen LogP contribution in [-0.4, -0.2) is 30.4 Å². The molecule has 1 saturated heterocycles. The third kappa shape index (κ3) is 16.0. The van der Waals surface area contributed by atoms with Gasteiger partial charge < -0.3 is 23.9 Å². The lowest BCUT2D eigenvalue weighted by molar-refractivity contribution is 0.198. The molecule has 0 bridgehead atoms. The first-order chi connectivity index (χ1) is 51.0. The van der Waals surface area contributed by atoms with E-state index in [0.29, 0.717) is 5.46 Å². The minimum absolute atomic E-state index is 0. The number of ether oxygens (including phenoxy) is 1. The van der Waals surface area contributed by atoms with Gasteiger partial charge in [0.15, 0.2) is 14.3 Å². The lowest BCUT2D eigenvalue weighted by Gasteiger charge is -2.20. The van der Waals surface area contributed by atoms with Gasteiger partial charge in [0.05, 0.1) is 0 Å². The van der Waals surface area contributed by atoms with Gasteiger partial charge in [-0.15, -0.1) is 0 Å². The van der Waals surface area contributed by atoms with Crippen LogP contribution in [0, 0.1) is 0 Å². The maximum Gasteiger partial charge on any atom is 0.488 e. The van der Waals surface area contributed by atoms with Crippen molar-refractivity contribution in [1.29, 1.82) is 0 Å². The second-order valence-corrected chi connectivity index (χ2v) is 33.2. The normalized spacial score (nSPS) is 11.7. The largest absolute Gasteiger partial charge is 0.488 e. The summed E-state index contributed by atoms with van der Waals surface area (Å²) < 4.78 is 35.7. The molecule has 108 heavy (non-hydrogen) atoms. The van der Waals surface area contributed by atoms with E-state index in [2.05, 4.69) is 202 Å². The van der Waals surface area contributed by atoms with E-state index >= 15 is 0 Å². The highest BCUT2D eigenvalue weighted by Gasteiger charge is 2.31. The fraction of sp³-hybridized carbons (Fsp3) is 0.0816. The molecule has 0 spiro atoms. The van der Waals surface area contributed by atoms with Crippen LogP contribution < -0.4 is 37.3 Å². The molecule has 0 aromatic heterocycles. The number of rotatable bonds is 8. The lowest BCUT2D eigenvalue weighted by Crippen LogP contribution is -2.29. The summed E-state index contributed by atoms with van der Waals surface area (Å²) in [4.78, 5) is 0. The number of halogens is 2. The monoisotopic (exact) mass is 1570 g/mol. The van der Waals surface area contributed by atoms with Crippen molar-refractivity contribution in [2.24, 2.45) is 0 Å². The van der Waals surface area contributed by atoms with E-state index in [1.165, 1.54) is 93.6 Å². The molecule has 2 N–H and O–H groups in total. The molecule has 19 rings (SSSR count). The molecule has 536 valence electrons. The zero-order valence-corrected chi connectivity index (χ0v) is 61.9. The first-order valence-electron chi connectivity index (χ1n) is 34.9. The van der Waals surface area contributed by atoms with Gasteiger partial charge >= 0.3 is 7.12 Å². The highest BCUT2D eigenvalue weighted by molar-refractivity contribution is 9.10. The van der Waals surface area contributed by atoms with Gasteiger partial charge in [-0.05, 0) is 169 Å². The van der Waals surface area contributed by atoms with E-state index in [4.69, 9.17) is 4.74 Å². The van der Waals surface area contributed by atoms with Gasteiger partial charge in [0.1, 0.15) is 0 Å². The molecule has 0 saturated carbocycles. The van der Waals surface area contributed by atoms with E-state index < -0.39 is 21.4 Å². The van der Waals surface area contributed by atoms with Gasteiger partial charge in [0.25, 0.3) is 0 Å². The van der Waals surface area contributed by atoms with Crippen molar-refractivity contribution in [3.63, 3.8) is 0 Å². The molecule has 1 fully saturated rings. The Hall–Kier alpha value is -10.3. The van der Waals surface area contributed by atoms with Crippen molar-refractivity contribution in [3.05, 3.63) is 379 Å². The van der Waals surface area contributed by atoms with Crippen molar-refractivity contribution in [1.82, 2.24) is 0 Å². The predicted octanol–water partition coefficient (Wildman–Crippen LogP) is 24.6. The van der Waals surface area contributed by atoms with Gasteiger partial charge in [-0.25, -0.2) is 0 Å². The second-order valence-electron chi connectivity index (χ2n) is 25.8. The minimum Gasteiger partial charge on any atom is -0.423 e. The Bertz CT molecular complexity index is 6000. The molecule has 1 aliphatic rings. The number of hydrogen-bond acceptors (Lipinski definition) is 5. The molecule has 5 nitrogen and oxygen atoms in total. The van der Waals surface area contributed by atoms with Crippen LogP contribution in [0.3, 0.4) is 0 Å². The van der Waals surface area contributed by atoms with Crippen LogP contribution in [0.2, 0.25) is 0 Å². The predicted molar refractivity (Wildman–Crippen MR) is 480 cm³/mol. The van der Waals surface area contributed by atoms with Crippen LogP contribution in [0.1, 0.15) is 42.5 Å². The molecule has 0 amide bonds. The minimum atomic E-state index is -2.99. The van der Waals surface area contributed by atoms with Gasteiger partial charge in [-0.2, -0.15) is 0 Å². The van der Waals surface area contributed by atoms with Gasteiger partial charge in [0.2, 0.25) is 0 Å². The van der Waals surface area contributed by atoms with Gasteiger partial charge in [-0.1, -0.05) is 389 Å². The fourth-order valence-corrected chi connectivity index (χ4v) is 20.4. The smallest absolute Gasteiger partial charge is 0.423 e. The maximum atomic E-state index is 14.7. The Balaban J connectivity index is 0.000000144. The number of benzene rings is 18. The molecule has 0 atom stereocenters. The summed E-state index contributed by atoms with van der Waals surface area (Å²) in [6.45, 7) is 2.00. The molecule has 18 aromatic carbocycles. The van der Waals surface area contributed by atoms with E-state index in [0.717, 1.165) is 81.3 Å². The Labute approximate surface area is 652 Å².